The van der Waals surface area contributed by atoms with Gasteiger partial charge in [-0.1, -0.05) is 22.9 Å². The average molecular weight is 217 g/mol. The highest BCUT2D eigenvalue weighted by atomic mass is 79.9. The molecule has 64 valence electrons. The smallest absolute Gasteiger partial charge is 0.0145 e. The van der Waals surface area contributed by atoms with Crippen LogP contribution in [0.25, 0.3) is 0 Å². The van der Waals surface area contributed by atoms with Gasteiger partial charge in [0.15, 0.2) is 0 Å². The molecule has 1 heteroatoms. The zero-order valence-corrected chi connectivity index (χ0v) is 8.81. The van der Waals surface area contributed by atoms with E-state index in [-0.39, 0.29) is 0 Å². The maximum Gasteiger partial charge on any atom is 0.0145 e. The number of hydrogen-bond donors (Lipinski definition) is 0. The van der Waals surface area contributed by atoms with Gasteiger partial charge in [0.05, 0.1) is 0 Å². The van der Waals surface area contributed by atoms with Crippen molar-refractivity contribution in [2.75, 3.05) is 0 Å². The molecular weight excluding hydrogens is 200 g/mol. The van der Waals surface area contributed by atoms with Crippen molar-refractivity contribution in [3.8, 4) is 0 Å². The lowest BCUT2D eigenvalue weighted by Crippen LogP contribution is -2.12. The lowest BCUT2D eigenvalue weighted by atomic mass is 9.86. The molecule has 2 unspecified atom stereocenters. The molecule has 0 aromatic rings. The van der Waals surface area contributed by atoms with Crippen molar-refractivity contribution in [3.05, 3.63) is 12.8 Å². The fourth-order valence-electron chi connectivity index (χ4n) is 1.57. The van der Waals surface area contributed by atoms with Crippen LogP contribution in [0.3, 0.4) is 0 Å². The van der Waals surface area contributed by atoms with Gasteiger partial charge in [0.1, 0.15) is 0 Å². The molecule has 0 nitrogen and oxygen atoms in total. The van der Waals surface area contributed by atoms with E-state index >= 15 is 0 Å². The number of hydrogen-bond acceptors (Lipinski definition) is 0. The van der Waals surface area contributed by atoms with Gasteiger partial charge < -0.3 is 0 Å². The maximum absolute atomic E-state index is 3.68. The summed E-state index contributed by atoms with van der Waals surface area (Å²) >= 11 is 3.68. The van der Waals surface area contributed by atoms with Gasteiger partial charge in [-0.15, -0.1) is 0 Å². The highest BCUT2D eigenvalue weighted by molar-refractivity contribution is 9.09. The minimum Gasteiger partial charge on any atom is -0.0891 e. The summed E-state index contributed by atoms with van der Waals surface area (Å²) in [5.41, 5.74) is 0. The Morgan fingerprint density at radius 2 is 2.36 bits per heavy atom. The van der Waals surface area contributed by atoms with Crippen LogP contribution in [0.15, 0.2) is 0 Å². The molecule has 1 fully saturated rings. The first-order chi connectivity index (χ1) is 5.33. The minimum absolute atomic E-state index is 0.732. The summed E-state index contributed by atoms with van der Waals surface area (Å²) in [5.74, 6) is 0.855. The number of alkyl halides is 1. The number of halogens is 1. The molecule has 0 aromatic carbocycles. The second-order valence-electron chi connectivity index (χ2n) is 3.34. The SMILES string of the molecule is CCC(Br)CC1[CH]CC[CH]C1. The Morgan fingerprint density at radius 3 is 2.91 bits per heavy atom. The van der Waals surface area contributed by atoms with Crippen LogP contribution in [0.4, 0.5) is 0 Å². The molecule has 0 bridgehead atoms. The van der Waals surface area contributed by atoms with E-state index < -0.39 is 0 Å². The van der Waals surface area contributed by atoms with E-state index in [4.69, 9.17) is 0 Å². The van der Waals surface area contributed by atoms with Gasteiger partial charge in [0.2, 0.25) is 0 Å². The van der Waals surface area contributed by atoms with Crippen molar-refractivity contribution < 1.29 is 0 Å². The van der Waals surface area contributed by atoms with E-state index in [2.05, 4.69) is 35.7 Å². The summed E-state index contributed by atoms with van der Waals surface area (Å²) < 4.78 is 0. The third-order valence-corrected chi connectivity index (χ3v) is 3.36. The Balaban J connectivity index is 2.13. The second-order valence-corrected chi connectivity index (χ2v) is 4.63. The molecule has 0 aromatic heterocycles. The van der Waals surface area contributed by atoms with E-state index in [1.165, 1.54) is 32.1 Å². The molecule has 1 aliphatic rings. The summed E-state index contributed by atoms with van der Waals surface area (Å²) in [6.07, 6.45) is 11.4. The molecule has 1 rings (SSSR count). The monoisotopic (exact) mass is 216 g/mol. The molecule has 0 N–H and O–H groups in total. The van der Waals surface area contributed by atoms with Crippen LogP contribution < -0.4 is 0 Å². The van der Waals surface area contributed by atoms with Gasteiger partial charge in [-0.25, -0.2) is 0 Å². The molecule has 11 heavy (non-hydrogen) atoms. The minimum atomic E-state index is 0.732. The van der Waals surface area contributed by atoms with Crippen molar-refractivity contribution in [2.45, 2.75) is 43.9 Å². The molecule has 0 heterocycles. The fraction of sp³-hybridized carbons (Fsp3) is 0.800. The van der Waals surface area contributed by atoms with Crippen molar-refractivity contribution in [3.63, 3.8) is 0 Å². The molecule has 0 aliphatic heterocycles. The Hall–Kier alpha value is 0.480. The zero-order chi connectivity index (χ0) is 8.10. The standard InChI is InChI=1S/C10H17Br/c1-2-10(11)8-9-6-4-3-5-7-9/h4,7,9-10H,2-3,5-6,8H2,1H3. The van der Waals surface area contributed by atoms with Gasteiger partial charge in [-0.3, -0.25) is 0 Å². The van der Waals surface area contributed by atoms with E-state index in [1.54, 1.807) is 0 Å². The summed E-state index contributed by atoms with van der Waals surface area (Å²) in [4.78, 5) is 0.732. The first-order valence-corrected chi connectivity index (χ1v) is 5.53. The average Bonchev–Trinajstić information content (AvgIpc) is 2.06. The Bertz CT molecular complexity index is 95.0. The summed E-state index contributed by atoms with van der Waals surface area (Å²) in [6.45, 7) is 2.24. The Labute approximate surface area is 78.9 Å². The quantitative estimate of drug-likeness (QED) is 0.631. The molecular formula is C10H17Br. The Morgan fingerprint density at radius 1 is 1.55 bits per heavy atom. The summed E-state index contributed by atoms with van der Waals surface area (Å²) in [7, 11) is 0. The summed E-state index contributed by atoms with van der Waals surface area (Å²) in [6, 6.07) is 0. The molecule has 1 aliphatic carbocycles. The highest BCUT2D eigenvalue weighted by Crippen LogP contribution is 2.28. The van der Waals surface area contributed by atoms with Gasteiger partial charge in [0.25, 0.3) is 0 Å². The molecule has 0 amide bonds. The summed E-state index contributed by atoms with van der Waals surface area (Å²) in [5, 5.41) is 0. The van der Waals surface area contributed by atoms with Crippen LogP contribution in [0, 0.1) is 18.8 Å². The molecule has 1 saturated carbocycles. The fourth-order valence-corrected chi connectivity index (χ4v) is 2.05. The van der Waals surface area contributed by atoms with Crippen LogP contribution in [-0.2, 0) is 0 Å². The van der Waals surface area contributed by atoms with Gasteiger partial charge in [-0.2, -0.15) is 0 Å². The molecule has 2 radical (unpaired) electrons. The van der Waals surface area contributed by atoms with Crippen molar-refractivity contribution in [2.24, 2.45) is 5.92 Å². The number of rotatable bonds is 3. The first-order valence-electron chi connectivity index (χ1n) is 4.62. The maximum atomic E-state index is 3.68. The second kappa shape index (κ2) is 5.18. The van der Waals surface area contributed by atoms with Crippen LogP contribution in [-0.4, -0.2) is 4.83 Å². The van der Waals surface area contributed by atoms with Crippen LogP contribution in [0.5, 0.6) is 0 Å². The lowest BCUT2D eigenvalue weighted by Gasteiger charge is -2.22. The van der Waals surface area contributed by atoms with Gasteiger partial charge in [-0.05, 0) is 50.9 Å². The highest BCUT2D eigenvalue weighted by Gasteiger charge is 2.16. The lowest BCUT2D eigenvalue weighted by molar-refractivity contribution is 0.473. The topological polar surface area (TPSA) is 0 Å². The normalized spacial score (nSPS) is 23.5. The van der Waals surface area contributed by atoms with Crippen molar-refractivity contribution in [1.29, 1.82) is 0 Å². The first kappa shape index (κ1) is 9.57. The van der Waals surface area contributed by atoms with E-state index in [1.807, 2.05) is 0 Å². The Kier molecular flexibility index (Phi) is 4.51. The van der Waals surface area contributed by atoms with Crippen molar-refractivity contribution in [1.82, 2.24) is 0 Å². The van der Waals surface area contributed by atoms with Crippen LogP contribution in [0.1, 0.15) is 39.0 Å². The molecule has 0 spiro atoms. The zero-order valence-electron chi connectivity index (χ0n) is 7.22. The van der Waals surface area contributed by atoms with Gasteiger partial charge in [0, 0.05) is 4.83 Å². The largest absolute Gasteiger partial charge is 0.0891 e. The molecule has 0 saturated heterocycles. The van der Waals surface area contributed by atoms with Crippen LogP contribution in [0.2, 0.25) is 0 Å². The van der Waals surface area contributed by atoms with E-state index in [0.717, 1.165) is 10.7 Å². The third-order valence-electron chi connectivity index (χ3n) is 2.34. The van der Waals surface area contributed by atoms with Crippen molar-refractivity contribution >= 4 is 15.9 Å². The predicted molar refractivity (Wildman–Crippen MR) is 53.6 cm³/mol. The van der Waals surface area contributed by atoms with E-state index in [0.29, 0.717) is 0 Å². The van der Waals surface area contributed by atoms with Gasteiger partial charge >= 0.3 is 0 Å². The molecule has 2 atom stereocenters. The van der Waals surface area contributed by atoms with Crippen LogP contribution >= 0.6 is 15.9 Å². The predicted octanol–water partition coefficient (Wildman–Crippen LogP) is 3.76. The third kappa shape index (κ3) is 3.59. The van der Waals surface area contributed by atoms with E-state index in [9.17, 15) is 0 Å².